The summed E-state index contributed by atoms with van der Waals surface area (Å²) in [6.45, 7) is 2.45. The van der Waals surface area contributed by atoms with Gasteiger partial charge in [-0.25, -0.2) is 13.1 Å². The molecule has 0 aliphatic rings. The highest BCUT2D eigenvalue weighted by Gasteiger charge is 2.07. The van der Waals surface area contributed by atoms with Crippen LogP contribution in [0.1, 0.15) is 23.1 Å². The van der Waals surface area contributed by atoms with Gasteiger partial charge in [0.05, 0.1) is 0 Å². The standard InChI is InChI=1S/C19H22N2O3S/c1-16-7-9-17(10-8-16)12-14-25(23,24)21-13-11-19(22)20-15-18-5-3-2-4-6-18/h2-10,12,14,21H,11,13,15H2,1H3,(H,20,22). The molecule has 0 aromatic heterocycles. The molecule has 0 spiro atoms. The van der Waals surface area contributed by atoms with E-state index in [2.05, 4.69) is 10.0 Å². The maximum atomic E-state index is 11.9. The maximum Gasteiger partial charge on any atom is 0.233 e. The summed E-state index contributed by atoms with van der Waals surface area (Å²) in [5.74, 6) is -0.200. The Hall–Kier alpha value is -2.44. The number of hydrogen-bond acceptors (Lipinski definition) is 3. The quantitative estimate of drug-likeness (QED) is 0.762. The molecule has 25 heavy (non-hydrogen) atoms. The number of benzene rings is 2. The van der Waals surface area contributed by atoms with E-state index in [1.165, 1.54) is 6.08 Å². The van der Waals surface area contributed by atoms with Crippen molar-refractivity contribution in [3.63, 3.8) is 0 Å². The van der Waals surface area contributed by atoms with E-state index < -0.39 is 10.0 Å². The van der Waals surface area contributed by atoms with Crippen LogP contribution in [0.3, 0.4) is 0 Å². The van der Waals surface area contributed by atoms with Gasteiger partial charge in [0.15, 0.2) is 0 Å². The molecule has 2 aromatic carbocycles. The van der Waals surface area contributed by atoms with Crippen molar-refractivity contribution in [2.24, 2.45) is 0 Å². The Morgan fingerprint density at radius 1 is 1.04 bits per heavy atom. The molecule has 0 atom stereocenters. The second-order valence-electron chi connectivity index (χ2n) is 5.67. The molecule has 6 heteroatoms. The first-order chi connectivity index (χ1) is 11.9. The van der Waals surface area contributed by atoms with E-state index in [-0.39, 0.29) is 18.9 Å². The average molecular weight is 358 g/mol. The Bertz CT molecular complexity index is 814. The predicted molar refractivity (Wildman–Crippen MR) is 100 cm³/mol. The van der Waals surface area contributed by atoms with Gasteiger partial charge in [-0.1, -0.05) is 60.2 Å². The van der Waals surface area contributed by atoms with Gasteiger partial charge >= 0.3 is 0 Å². The molecule has 132 valence electrons. The Labute approximate surface area is 148 Å². The van der Waals surface area contributed by atoms with Crippen molar-refractivity contribution < 1.29 is 13.2 Å². The Kier molecular flexibility index (Phi) is 6.91. The summed E-state index contributed by atoms with van der Waals surface area (Å²) in [4.78, 5) is 11.7. The highest BCUT2D eigenvalue weighted by molar-refractivity contribution is 7.92. The second-order valence-corrected chi connectivity index (χ2v) is 7.32. The van der Waals surface area contributed by atoms with Crippen LogP contribution < -0.4 is 10.0 Å². The van der Waals surface area contributed by atoms with E-state index >= 15 is 0 Å². The Morgan fingerprint density at radius 2 is 1.72 bits per heavy atom. The maximum absolute atomic E-state index is 11.9. The molecule has 0 aliphatic carbocycles. The highest BCUT2D eigenvalue weighted by atomic mass is 32.2. The molecular weight excluding hydrogens is 336 g/mol. The number of sulfonamides is 1. The monoisotopic (exact) mass is 358 g/mol. The summed E-state index contributed by atoms with van der Waals surface area (Å²) in [6, 6.07) is 17.1. The van der Waals surface area contributed by atoms with E-state index in [1.807, 2.05) is 61.5 Å². The number of hydrogen-bond donors (Lipinski definition) is 2. The molecule has 0 heterocycles. The van der Waals surface area contributed by atoms with Crippen LogP contribution in [0.4, 0.5) is 0 Å². The number of carbonyl (C=O) groups excluding carboxylic acids is 1. The first-order valence-electron chi connectivity index (χ1n) is 8.00. The van der Waals surface area contributed by atoms with E-state index in [1.54, 1.807) is 0 Å². The third-order valence-electron chi connectivity index (χ3n) is 3.50. The van der Waals surface area contributed by atoms with Crippen molar-refractivity contribution >= 4 is 22.0 Å². The second kappa shape index (κ2) is 9.15. The summed E-state index contributed by atoms with van der Waals surface area (Å²) in [5.41, 5.74) is 2.91. The fourth-order valence-electron chi connectivity index (χ4n) is 2.09. The van der Waals surface area contributed by atoms with Crippen LogP contribution in [0.15, 0.2) is 60.0 Å². The number of aryl methyl sites for hydroxylation is 1. The van der Waals surface area contributed by atoms with Crippen LogP contribution in [-0.2, 0) is 21.4 Å². The van der Waals surface area contributed by atoms with Gasteiger partial charge in [0.25, 0.3) is 0 Å². The van der Waals surface area contributed by atoms with Gasteiger partial charge in [-0.15, -0.1) is 0 Å². The van der Waals surface area contributed by atoms with Crippen molar-refractivity contribution in [3.8, 4) is 0 Å². The highest BCUT2D eigenvalue weighted by Crippen LogP contribution is 2.06. The summed E-state index contributed by atoms with van der Waals surface area (Å²) >= 11 is 0. The zero-order valence-corrected chi connectivity index (χ0v) is 14.9. The minimum atomic E-state index is -3.56. The zero-order valence-electron chi connectivity index (χ0n) is 14.1. The van der Waals surface area contributed by atoms with Crippen LogP contribution in [0.2, 0.25) is 0 Å². The van der Waals surface area contributed by atoms with Crippen LogP contribution in [-0.4, -0.2) is 20.9 Å². The number of carbonyl (C=O) groups is 1. The van der Waals surface area contributed by atoms with Gasteiger partial charge in [-0.05, 0) is 24.1 Å². The molecule has 0 fully saturated rings. The van der Waals surface area contributed by atoms with Crippen LogP contribution in [0.25, 0.3) is 6.08 Å². The van der Waals surface area contributed by atoms with E-state index in [0.717, 1.165) is 22.1 Å². The molecule has 0 aliphatic heterocycles. The van der Waals surface area contributed by atoms with Crippen molar-refractivity contribution in [2.45, 2.75) is 19.9 Å². The molecule has 0 saturated heterocycles. The number of rotatable bonds is 8. The summed E-state index contributed by atoms with van der Waals surface area (Å²) in [6.07, 6.45) is 1.61. The van der Waals surface area contributed by atoms with Crippen LogP contribution >= 0.6 is 0 Å². The summed E-state index contributed by atoms with van der Waals surface area (Å²) < 4.78 is 26.2. The van der Waals surface area contributed by atoms with Gasteiger partial charge < -0.3 is 5.32 Å². The Balaban J connectivity index is 1.74. The lowest BCUT2D eigenvalue weighted by Crippen LogP contribution is -2.29. The van der Waals surface area contributed by atoms with Gasteiger partial charge in [-0.2, -0.15) is 0 Å². The first kappa shape index (κ1) is 18.9. The molecule has 0 unspecified atom stereocenters. The SMILES string of the molecule is Cc1ccc(C=CS(=O)(=O)NCCC(=O)NCc2ccccc2)cc1. The molecule has 2 rings (SSSR count). The number of amides is 1. The minimum Gasteiger partial charge on any atom is -0.352 e. The topological polar surface area (TPSA) is 75.3 Å². The average Bonchev–Trinajstić information content (AvgIpc) is 2.60. The lowest BCUT2D eigenvalue weighted by atomic mass is 10.2. The van der Waals surface area contributed by atoms with Crippen LogP contribution in [0, 0.1) is 6.92 Å². The van der Waals surface area contributed by atoms with Gasteiger partial charge in [-0.3, -0.25) is 4.79 Å². The molecule has 2 aromatic rings. The lowest BCUT2D eigenvalue weighted by molar-refractivity contribution is -0.121. The first-order valence-corrected chi connectivity index (χ1v) is 9.54. The third kappa shape index (κ3) is 7.32. The van der Waals surface area contributed by atoms with Crippen molar-refractivity contribution in [1.29, 1.82) is 0 Å². The van der Waals surface area contributed by atoms with Crippen molar-refractivity contribution in [1.82, 2.24) is 10.0 Å². The van der Waals surface area contributed by atoms with Gasteiger partial charge in [0, 0.05) is 24.9 Å². The molecule has 0 radical (unpaired) electrons. The smallest absolute Gasteiger partial charge is 0.233 e. The molecule has 2 N–H and O–H groups in total. The largest absolute Gasteiger partial charge is 0.352 e. The minimum absolute atomic E-state index is 0.0567. The van der Waals surface area contributed by atoms with Crippen molar-refractivity contribution in [2.75, 3.05) is 6.54 Å². The molecule has 5 nitrogen and oxygen atoms in total. The zero-order chi connectivity index (χ0) is 18.1. The normalized spacial score (nSPS) is 11.6. The van der Waals surface area contributed by atoms with Gasteiger partial charge in [0.2, 0.25) is 15.9 Å². The van der Waals surface area contributed by atoms with Crippen molar-refractivity contribution in [3.05, 3.63) is 76.7 Å². The summed E-state index contributed by atoms with van der Waals surface area (Å²) in [7, 11) is -3.56. The van der Waals surface area contributed by atoms with E-state index in [0.29, 0.717) is 6.54 Å². The Morgan fingerprint density at radius 3 is 2.40 bits per heavy atom. The third-order valence-corrected chi connectivity index (χ3v) is 4.61. The fourth-order valence-corrected chi connectivity index (χ4v) is 2.90. The summed E-state index contributed by atoms with van der Waals surface area (Å²) in [5, 5.41) is 3.87. The predicted octanol–water partition coefficient (Wildman–Crippen LogP) is 2.59. The molecule has 0 saturated carbocycles. The fraction of sp³-hybridized carbons (Fsp3) is 0.211. The molecular formula is C19H22N2O3S. The van der Waals surface area contributed by atoms with Gasteiger partial charge in [0.1, 0.15) is 0 Å². The molecule has 0 bridgehead atoms. The van der Waals surface area contributed by atoms with E-state index in [9.17, 15) is 13.2 Å². The number of nitrogens with one attached hydrogen (secondary N) is 2. The lowest BCUT2D eigenvalue weighted by Gasteiger charge is -2.06. The van der Waals surface area contributed by atoms with Crippen LogP contribution in [0.5, 0.6) is 0 Å². The molecule has 1 amide bonds. The van der Waals surface area contributed by atoms with E-state index in [4.69, 9.17) is 0 Å².